The van der Waals surface area contributed by atoms with Crippen LogP contribution in [0.5, 0.6) is 0 Å². The first-order chi connectivity index (χ1) is 12.7. The molecule has 0 unspecified atom stereocenters. The van der Waals surface area contributed by atoms with Gasteiger partial charge in [-0.05, 0) is 37.7 Å². The second-order valence-electron chi connectivity index (χ2n) is 7.11. The Labute approximate surface area is 155 Å². The maximum atomic E-state index is 12.5. The summed E-state index contributed by atoms with van der Waals surface area (Å²) in [5, 5.41) is 4.07. The second kappa shape index (κ2) is 8.94. The molecular formula is C20H28N4O2. The first kappa shape index (κ1) is 18.6. The molecule has 1 saturated heterocycles. The van der Waals surface area contributed by atoms with Crippen LogP contribution in [0.15, 0.2) is 36.9 Å². The summed E-state index contributed by atoms with van der Waals surface area (Å²) in [4.78, 5) is 18.4. The summed E-state index contributed by atoms with van der Waals surface area (Å²) in [5.41, 5.74) is 2.62. The number of carbonyl (C=O) groups is 1. The van der Waals surface area contributed by atoms with Crippen LogP contribution in [0.25, 0.3) is 0 Å². The molecule has 1 aromatic carbocycles. The standard InChI is InChI=1S/C20H28N4O2/c1-16-5-7-17(8-6-16)12-18-9-11-23(13-19(18)26-2)20(25)4-3-10-24-15-21-14-22-24/h5-8,14-15,18-19H,3-4,9-13H2,1-2H3/t18-,19+/m1/s1. The number of hydrogen-bond acceptors (Lipinski definition) is 4. The number of aromatic nitrogens is 3. The average molecular weight is 356 g/mol. The zero-order valence-corrected chi connectivity index (χ0v) is 15.7. The van der Waals surface area contributed by atoms with Crippen LogP contribution in [0, 0.1) is 12.8 Å². The normalized spacial score (nSPS) is 20.3. The van der Waals surface area contributed by atoms with Gasteiger partial charge in [-0.2, -0.15) is 5.10 Å². The summed E-state index contributed by atoms with van der Waals surface area (Å²) in [6, 6.07) is 8.71. The highest BCUT2D eigenvalue weighted by atomic mass is 16.5. The Hall–Kier alpha value is -2.21. The molecule has 2 heterocycles. The molecule has 0 radical (unpaired) electrons. The quantitative estimate of drug-likeness (QED) is 0.765. The predicted molar refractivity (Wildman–Crippen MR) is 99.6 cm³/mol. The predicted octanol–water partition coefficient (Wildman–Crippen LogP) is 2.47. The average Bonchev–Trinajstić information content (AvgIpc) is 3.17. The van der Waals surface area contributed by atoms with Crippen molar-refractivity contribution in [1.29, 1.82) is 0 Å². The molecule has 1 amide bonds. The minimum atomic E-state index is 0.101. The lowest BCUT2D eigenvalue weighted by Crippen LogP contribution is -2.48. The third kappa shape index (κ3) is 4.91. The van der Waals surface area contributed by atoms with Crippen LogP contribution in [0.3, 0.4) is 0 Å². The molecule has 6 heteroatoms. The Bertz CT molecular complexity index is 684. The summed E-state index contributed by atoms with van der Waals surface area (Å²) < 4.78 is 7.49. The first-order valence-corrected chi connectivity index (χ1v) is 9.34. The zero-order valence-electron chi connectivity index (χ0n) is 15.7. The van der Waals surface area contributed by atoms with Gasteiger partial charge >= 0.3 is 0 Å². The number of nitrogens with zero attached hydrogens (tertiary/aromatic N) is 4. The molecule has 1 aliphatic rings. The highest BCUT2D eigenvalue weighted by Crippen LogP contribution is 2.25. The monoisotopic (exact) mass is 356 g/mol. The SMILES string of the molecule is CO[C@H]1CN(C(=O)CCCn2cncn2)CC[C@@H]1Cc1ccc(C)cc1. The van der Waals surface area contributed by atoms with E-state index in [-0.39, 0.29) is 12.0 Å². The molecule has 2 aromatic rings. The van der Waals surface area contributed by atoms with Crippen LogP contribution in [-0.2, 0) is 22.5 Å². The molecule has 0 aliphatic carbocycles. The highest BCUT2D eigenvalue weighted by molar-refractivity contribution is 5.76. The van der Waals surface area contributed by atoms with Crippen molar-refractivity contribution in [3.05, 3.63) is 48.0 Å². The lowest BCUT2D eigenvalue weighted by molar-refractivity contribution is -0.136. The van der Waals surface area contributed by atoms with Gasteiger partial charge in [0.15, 0.2) is 0 Å². The Morgan fingerprint density at radius 1 is 1.31 bits per heavy atom. The Kier molecular flexibility index (Phi) is 6.39. The lowest BCUT2D eigenvalue weighted by Gasteiger charge is -2.38. The molecule has 6 nitrogen and oxygen atoms in total. The van der Waals surface area contributed by atoms with Crippen molar-refractivity contribution >= 4 is 5.91 Å². The van der Waals surface area contributed by atoms with E-state index >= 15 is 0 Å². The third-order valence-corrected chi connectivity index (χ3v) is 5.21. The summed E-state index contributed by atoms with van der Waals surface area (Å²) in [5.74, 6) is 0.669. The van der Waals surface area contributed by atoms with Crippen molar-refractivity contribution in [2.24, 2.45) is 5.92 Å². The van der Waals surface area contributed by atoms with Crippen LogP contribution in [0.2, 0.25) is 0 Å². The van der Waals surface area contributed by atoms with Gasteiger partial charge < -0.3 is 9.64 Å². The maximum Gasteiger partial charge on any atom is 0.222 e. The van der Waals surface area contributed by atoms with Gasteiger partial charge in [-0.3, -0.25) is 9.48 Å². The van der Waals surface area contributed by atoms with Gasteiger partial charge in [0.1, 0.15) is 12.7 Å². The molecule has 0 bridgehead atoms. The van der Waals surface area contributed by atoms with Crippen LogP contribution in [0.4, 0.5) is 0 Å². The van der Waals surface area contributed by atoms with E-state index in [0.717, 1.165) is 32.4 Å². The minimum Gasteiger partial charge on any atom is -0.379 e. The number of aryl methyl sites for hydroxylation is 2. The molecule has 0 N–H and O–H groups in total. The lowest BCUT2D eigenvalue weighted by atomic mass is 9.87. The van der Waals surface area contributed by atoms with Crippen molar-refractivity contribution in [1.82, 2.24) is 19.7 Å². The Morgan fingerprint density at radius 2 is 2.12 bits per heavy atom. The number of carbonyl (C=O) groups excluding carboxylic acids is 1. The van der Waals surface area contributed by atoms with E-state index in [0.29, 0.717) is 18.9 Å². The molecule has 1 fully saturated rings. The zero-order chi connectivity index (χ0) is 18.4. The Morgan fingerprint density at radius 3 is 2.81 bits per heavy atom. The molecule has 3 rings (SSSR count). The number of benzene rings is 1. The largest absolute Gasteiger partial charge is 0.379 e. The van der Waals surface area contributed by atoms with Crippen molar-refractivity contribution in [3.63, 3.8) is 0 Å². The number of piperidine rings is 1. The highest BCUT2D eigenvalue weighted by Gasteiger charge is 2.31. The third-order valence-electron chi connectivity index (χ3n) is 5.21. The topological polar surface area (TPSA) is 60.2 Å². The molecule has 1 aromatic heterocycles. The molecule has 2 atom stereocenters. The molecular weight excluding hydrogens is 328 g/mol. The minimum absolute atomic E-state index is 0.101. The number of hydrogen-bond donors (Lipinski definition) is 0. The summed E-state index contributed by atoms with van der Waals surface area (Å²) in [6.45, 7) is 4.34. The van der Waals surface area contributed by atoms with Crippen molar-refractivity contribution in [3.8, 4) is 0 Å². The fourth-order valence-electron chi connectivity index (χ4n) is 3.62. The van der Waals surface area contributed by atoms with Gasteiger partial charge in [-0.15, -0.1) is 0 Å². The van der Waals surface area contributed by atoms with Gasteiger partial charge in [-0.1, -0.05) is 29.8 Å². The summed E-state index contributed by atoms with van der Waals surface area (Å²) in [7, 11) is 1.76. The van der Waals surface area contributed by atoms with Crippen LogP contribution in [-0.4, -0.2) is 51.9 Å². The number of amides is 1. The summed E-state index contributed by atoms with van der Waals surface area (Å²) in [6.07, 6.45) is 6.62. The van der Waals surface area contributed by atoms with Crippen LogP contribution < -0.4 is 0 Å². The fraction of sp³-hybridized carbons (Fsp3) is 0.550. The van der Waals surface area contributed by atoms with Crippen LogP contribution in [0.1, 0.15) is 30.4 Å². The van der Waals surface area contributed by atoms with E-state index in [1.807, 2.05) is 4.90 Å². The van der Waals surface area contributed by atoms with E-state index in [1.165, 1.54) is 17.5 Å². The van der Waals surface area contributed by atoms with E-state index in [1.54, 1.807) is 18.1 Å². The van der Waals surface area contributed by atoms with Crippen molar-refractivity contribution in [2.45, 2.75) is 45.3 Å². The maximum absolute atomic E-state index is 12.5. The number of likely N-dealkylation sites (tertiary alicyclic amines) is 1. The number of rotatable bonds is 7. The van der Waals surface area contributed by atoms with E-state index in [2.05, 4.69) is 41.3 Å². The number of ether oxygens (including phenoxy) is 1. The van der Waals surface area contributed by atoms with Gasteiger partial charge in [0.05, 0.1) is 6.10 Å². The van der Waals surface area contributed by atoms with Gasteiger partial charge in [0.25, 0.3) is 0 Å². The molecule has 0 saturated carbocycles. The number of methoxy groups -OCH3 is 1. The smallest absolute Gasteiger partial charge is 0.222 e. The van der Waals surface area contributed by atoms with Gasteiger partial charge in [0, 0.05) is 33.2 Å². The summed E-state index contributed by atoms with van der Waals surface area (Å²) >= 11 is 0. The van der Waals surface area contributed by atoms with Crippen molar-refractivity contribution in [2.75, 3.05) is 20.2 Å². The van der Waals surface area contributed by atoms with Gasteiger partial charge in [0.2, 0.25) is 5.91 Å². The van der Waals surface area contributed by atoms with E-state index in [4.69, 9.17) is 4.74 Å². The van der Waals surface area contributed by atoms with E-state index in [9.17, 15) is 4.79 Å². The Balaban J connectivity index is 1.48. The first-order valence-electron chi connectivity index (χ1n) is 9.34. The van der Waals surface area contributed by atoms with Crippen molar-refractivity contribution < 1.29 is 9.53 Å². The molecule has 140 valence electrons. The second-order valence-corrected chi connectivity index (χ2v) is 7.11. The fourth-order valence-corrected chi connectivity index (χ4v) is 3.62. The van der Waals surface area contributed by atoms with Gasteiger partial charge in [-0.25, -0.2) is 4.98 Å². The van der Waals surface area contributed by atoms with E-state index < -0.39 is 0 Å². The molecule has 1 aliphatic heterocycles. The van der Waals surface area contributed by atoms with Crippen LogP contribution >= 0.6 is 0 Å². The molecule has 26 heavy (non-hydrogen) atoms. The molecule has 0 spiro atoms.